The van der Waals surface area contributed by atoms with E-state index < -0.39 is 5.92 Å². The fraction of sp³-hybridized carbons (Fsp3) is 0.364. The molecule has 1 unspecified atom stereocenters. The van der Waals surface area contributed by atoms with Gasteiger partial charge >= 0.3 is 5.97 Å². The van der Waals surface area contributed by atoms with Gasteiger partial charge in [-0.05, 0) is 30.9 Å². The summed E-state index contributed by atoms with van der Waals surface area (Å²) < 4.78 is 18.0. The first kappa shape index (κ1) is 12.0. The minimum atomic E-state index is -0.430. The number of ether oxygens (including phenoxy) is 1. The number of carbonyl (C=O) groups is 1. The summed E-state index contributed by atoms with van der Waals surface area (Å²) in [6, 6.07) is 4.80. The predicted molar refractivity (Wildman–Crippen MR) is 58.6 cm³/mol. The summed E-state index contributed by atoms with van der Waals surface area (Å²) in [6.07, 6.45) is 1.81. The molecule has 0 bridgehead atoms. The summed E-state index contributed by atoms with van der Waals surface area (Å²) in [5.74, 6) is -1.08. The van der Waals surface area contributed by atoms with Crippen LogP contribution in [-0.4, -0.2) is 19.3 Å². The van der Waals surface area contributed by atoms with Gasteiger partial charge in [-0.2, -0.15) is 0 Å². The van der Waals surface area contributed by atoms with Crippen LogP contribution in [0.25, 0.3) is 0 Å². The molecule has 0 aliphatic heterocycles. The van der Waals surface area contributed by atoms with Crippen LogP contribution in [0.15, 0.2) is 23.1 Å². The lowest BCUT2D eigenvalue weighted by molar-refractivity contribution is -0.141. The molecular weight excluding hydrogens is 215 g/mol. The second-order valence-electron chi connectivity index (χ2n) is 3.14. The number of halogens is 1. The molecule has 0 aliphatic rings. The average Bonchev–Trinajstić information content (AvgIpc) is 2.26. The van der Waals surface area contributed by atoms with Crippen LogP contribution in [0.1, 0.15) is 18.4 Å². The number of hydrogen-bond acceptors (Lipinski definition) is 3. The van der Waals surface area contributed by atoms with E-state index in [2.05, 4.69) is 4.74 Å². The van der Waals surface area contributed by atoms with Gasteiger partial charge in [-0.1, -0.05) is 6.07 Å². The summed E-state index contributed by atoms with van der Waals surface area (Å²) in [6.45, 7) is 1.69. The van der Waals surface area contributed by atoms with Gasteiger partial charge in [0.2, 0.25) is 0 Å². The topological polar surface area (TPSA) is 26.3 Å². The minimum absolute atomic E-state index is 0.296. The van der Waals surface area contributed by atoms with Gasteiger partial charge in [0.05, 0.1) is 13.0 Å². The number of methoxy groups -OCH3 is 1. The molecule has 0 saturated heterocycles. The third-order valence-electron chi connectivity index (χ3n) is 2.23. The molecule has 0 radical (unpaired) electrons. The van der Waals surface area contributed by atoms with Gasteiger partial charge in [-0.3, -0.25) is 4.79 Å². The van der Waals surface area contributed by atoms with Crippen LogP contribution in [-0.2, 0) is 9.53 Å². The molecule has 0 aromatic heterocycles. The average molecular weight is 228 g/mol. The van der Waals surface area contributed by atoms with E-state index in [4.69, 9.17) is 0 Å². The van der Waals surface area contributed by atoms with Crippen LogP contribution in [0.5, 0.6) is 0 Å². The Morgan fingerprint density at radius 3 is 2.67 bits per heavy atom. The van der Waals surface area contributed by atoms with Crippen molar-refractivity contribution < 1.29 is 13.9 Å². The first-order chi connectivity index (χ1) is 7.10. The maximum atomic E-state index is 13.4. The van der Waals surface area contributed by atoms with Crippen LogP contribution in [0.3, 0.4) is 0 Å². The van der Waals surface area contributed by atoms with E-state index in [1.165, 1.54) is 24.9 Å². The van der Waals surface area contributed by atoms with E-state index in [1.54, 1.807) is 19.1 Å². The summed E-state index contributed by atoms with van der Waals surface area (Å²) in [4.78, 5) is 11.8. The molecule has 0 heterocycles. The maximum Gasteiger partial charge on any atom is 0.312 e. The molecule has 0 N–H and O–H groups in total. The first-order valence-corrected chi connectivity index (χ1v) is 5.74. The van der Waals surface area contributed by atoms with Crippen molar-refractivity contribution in [3.05, 3.63) is 29.6 Å². The molecule has 1 aromatic rings. The van der Waals surface area contributed by atoms with Crippen molar-refractivity contribution in [1.82, 2.24) is 0 Å². The van der Waals surface area contributed by atoms with E-state index in [0.29, 0.717) is 10.5 Å². The SMILES string of the molecule is COC(=O)C(C)c1ccc(SC)c(F)c1. The lowest BCUT2D eigenvalue weighted by atomic mass is 10.0. The Kier molecular flexibility index (Phi) is 4.15. The van der Waals surface area contributed by atoms with Crippen LogP contribution < -0.4 is 0 Å². The minimum Gasteiger partial charge on any atom is -0.469 e. The molecular formula is C11H13FO2S. The Morgan fingerprint density at radius 1 is 1.53 bits per heavy atom. The molecule has 1 atom stereocenters. The molecule has 0 saturated carbocycles. The van der Waals surface area contributed by atoms with Crippen molar-refractivity contribution >= 4 is 17.7 Å². The van der Waals surface area contributed by atoms with E-state index in [-0.39, 0.29) is 11.8 Å². The Hall–Kier alpha value is -1.03. The van der Waals surface area contributed by atoms with Crippen molar-refractivity contribution in [2.75, 3.05) is 13.4 Å². The van der Waals surface area contributed by atoms with E-state index in [0.717, 1.165) is 0 Å². The normalized spacial score (nSPS) is 12.3. The molecule has 2 nitrogen and oxygen atoms in total. The van der Waals surface area contributed by atoms with Crippen molar-refractivity contribution in [2.24, 2.45) is 0 Å². The second kappa shape index (κ2) is 5.16. The largest absolute Gasteiger partial charge is 0.469 e. The summed E-state index contributed by atoms with van der Waals surface area (Å²) in [7, 11) is 1.32. The second-order valence-corrected chi connectivity index (χ2v) is 3.99. The van der Waals surface area contributed by atoms with Gasteiger partial charge < -0.3 is 4.74 Å². The van der Waals surface area contributed by atoms with Crippen molar-refractivity contribution in [2.45, 2.75) is 17.7 Å². The van der Waals surface area contributed by atoms with Crippen LogP contribution in [0.4, 0.5) is 4.39 Å². The predicted octanol–water partition coefficient (Wildman–Crippen LogP) is 2.82. The molecule has 15 heavy (non-hydrogen) atoms. The number of esters is 1. The van der Waals surface area contributed by atoms with Gasteiger partial charge in [0.15, 0.2) is 0 Å². The summed E-state index contributed by atoms with van der Waals surface area (Å²) in [5, 5.41) is 0. The monoisotopic (exact) mass is 228 g/mol. The molecule has 0 fully saturated rings. The quantitative estimate of drug-likeness (QED) is 0.588. The summed E-state index contributed by atoms with van der Waals surface area (Å²) in [5.41, 5.74) is 0.636. The number of carbonyl (C=O) groups excluding carboxylic acids is 1. The Balaban J connectivity index is 2.97. The third-order valence-corrected chi connectivity index (χ3v) is 3.00. The standard InChI is InChI=1S/C11H13FO2S/c1-7(11(13)14-2)8-4-5-10(15-3)9(12)6-8/h4-7H,1-3H3. The van der Waals surface area contributed by atoms with E-state index in [1.807, 2.05) is 6.26 Å². The molecule has 1 aromatic carbocycles. The van der Waals surface area contributed by atoms with Crippen molar-refractivity contribution in [3.8, 4) is 0 Å². The van der Waals surface area contributed by atoms with Gasteiger partial charge in [-0.15, -0.1) is 11.8 Å². The smallest absolute Gasteiger partial charge is 0.312 e. The van der Waals surface area contributed by atoms with Crippen LogP contribution in [0.2, 0.25) is 0 Å². The Bertz CT molecular complexity index is 366. The molecule has 82 valence electrons. The molecule has 1 rings (SSSR count). The van der Waals surface area contributed by atoms with Gasteiger partial charge in [0.1, 0.15) is 5.82 Å². The number of thioether (sulfide) groups is 1. The zero-order valence-corrected chi connectivity index (χ0v) is 9.73. The molecule has 0 spiro atoms. The highest BCUT2D eigenvalue weighted by molar-refractivity contribution is 7.98. The highest BCUT2D eigenvalue weighted by atomic mass is 32.2. The molecule has 0 aliphatic carbocycles. The molecule has 0 amide bonds. The highest BCUT2D eigenvalue weighted by Gasteiger charge is 2.16. The number of hydrogen-bond donors (Lipinski definition) is 0. The molecule has 4 heteroatoms. The fourth-order valence-electron chi connectivity index (χ4n) is 1.26. The Labute approximate surface area is 92.8 Å². The van der Waals surface area contributed by atoms with Crippen molar-refractivity contribution in [3.63, 3.8) is 0 Å². The number of benzene rings is 1. The lowest BCUT2D eigenvalue weighted by Gasteiger charge is -2.10. The highest BCUT2D eigenvalue weighted by Crippen LogP contribution is 2.24. The summed E-state index contributed by atoms with van der Waals surface area (Å²) >= 11 is 1.34. The van der Waals surface area contributed by atoms with E-state index in [9.17, 15) is 9.18 Å². The van der Waals surface area contributed by atoms with Gasteiger partial charge in [-0.25, -0.2) is 4.39 Å². The zero-order valence-electron chi connectivity index (χ0n) is 8.91. The first-order valence-electron chi connectivity index (χ1n) is 4.51. The number of rotatable bonds is 3. The lowest BCUT2D eigenvalue weighted by Crippen LogP contribution is -2.10. The Morgan fingerprint density at radius 2 is 2.20 bits per heavy atom. The van der Waals surface area contributed by atoms with E-state index >= 15 is 0 Å². The van der Waals surface area contributed by atoms with Crippen molar-refractivity contribution in [1.29, 1.82) is 0 Å². The maximum absolute atomic E-state index is 13.4. The fourth-order valence-corrected chi connectivity index (χ4v) is 1.72. The van der Waals surface area contributed by atoms with Crippen LogP contribution in [0, 0.1) is 5.82 Å². The zero-order chi connectivity index (χ0) is 11.4. The van der Waals surface area contributed by atoms with Crippen LogP contribution >= 0.6 is 11.8 Å². The van der Waals surface area contributed by atoms with Gasteiger partial charge in [0.25, 0.3) is 0 Å². The third kappa shape index (κ3) is 2.72. The van der Waals surface area contributed by atoms with Gasteiger partial charge in [0, 0.05) is 4.90 Å².